The highest BCUT2D eigenvalue weighted by atomic mass is 19.1. The van der Waals surface area contributed by atoms with E-state index in [0.29, 0.717) is 0 Å². The lowest BCUT2D eigenvalue weighted by Gasteiger charge is -2.02. The summed E-state index contributed by atoms with van der Waals surface area (Å²) in [5, 5.41) is 16.0. The Bertz CT molecular complexity index is 496. The first-order chi connectivity index (χ1) is 7.20. The number of hydrogen-bond acceptors (Lipinski definition) is 3. The number of aromatic nitrogens is 3. The topological polar surface area (TPSA) is 78.9 Å². The van der Waals surface area contributed by atoms with Crippen LogP contribution in [0.3, 0.4) is 0 Å². The molecule has 0 fully saturated rings. The van der Waals surface area contributed by atoms with Crippen LogP contribution in [0.1, 0.15) is 10.4 Å². The summed E-state index contributed by atoms with van der Waals surface area (Å²) < 4.78 is 13.2. The van der Waals surface area contributed by atoms with Crippen LogP contribution >= 0.6 is 0 Å². The lowest BCUT2D eigenvalue weighted by molar-refractivity contribution is 0.0692. The Hall–Kier alpha value is -2.24. The van der Waals surface area contributed by atoms with Crippen LogP contribution < -0.4 is 0 Å². The number of halogens is 1. The first-order valence-electron chi connectivity index (χ1n) is 4.08. The van der Waals surface area contributed by atoms with E-state index in [1.807, 2.05) is 0 Å². The van der Waals surface area contributed by atoms with Crippen LogP contribution in [0.2, 0.25) is 0 Å². The molecular weight excluding hydrogens is 201 g/mol. The van der Waals surface area contributed by atoms with Crippen LogP contribution in [0.5, 0.6) is 0 Å². The molecule has 5 nitrogen and oxygen atoms in total. The van der Waals surface area contributed by atoms with Crippen molar-refractivity contribution in [2.75, 3.05) is 0 Å². The molecule has 0 bridgehead atoms. The average Bonchev–Trinajstić information content (AvgIpc) is 2.69. The van der Waals surface area contributed by atoms with E-state index in [4.69, 9.17) is 5.11 Å². The first-order valence-corrected chi connectivity index (χ1v) is 4.08. The maximum atomic E-state index is 13.2. The van der Waals surface area contributed by atoms with Crippen molar-refractivity contribution in [3.05, 3.63) is 35.9 Å². The molecule has 15 heavy (non-hydrogen) atoms. The molecule has 0 atom stereocenters. The largest absolute Gasteiger partial charge is 0.478 e. The van der Waals surface area contributed by atoms with Gasteiger partial charge in [0.1, 0.15) is 17.7 Å². The van der Waals surface area contributed by atoms with E-state index in [2.05, 4.69) is 15.2 Å². The molecular formula is C9H6FN3O2. The van der Waals surface area contributed by atoms with E-state index >= 15 is 0 Å². The van der Waals surface area contributed by atoms with Gasteiger partial charge in [-0.2, -0.15) is 0 Å². The van der Waals surface area contributed by atoms with E-state index in [9.17, 15) is 9.18 Å². The molecule has 0 aliphatic heterocycles. The van der Waals surface area contributed by atoms with Crippen LogP contribution in [0.15, 0.2) is 24.5 Å². The number of benzene rings is 1. The van der Waals surface area contributed by atoms with E-state index < -0.39 is 17.3 Å². The smallest absolute Gasteiger partial charge is 0.339 e. The summed E-state index contributed by atoms with van der Waals surface area (Å²) >= 11 is 0. The van der Waals surface area contributed by atoms with Gasteiger partial charge in [-0.05, 0) is 6.07 Å². The molecule has 0 saturated carbocycles. The van der Waals surface area contributed by atoms with Crippen molar-refractivity contribution in [3.8, 4) is 11.4 Å². The quantitative estimate of drug-likeness (QED) is 0.778. The maximum Gasteiger partial charge on any atom is 0.339 e. The van der Waals surface area contributed by atoms with Gasteiger partial charge in [0.05, 0.1) is 0 Å². The molecule has 1 aromatic heterocycles. The first kappa shape index (κ1) is 9.32. The zero-order valence-corrected chi connectivity index (χ0v) is 7.44. The van der Waals surface area contributed by atoms with E-state index in [0.717, 1.165) is 6.07 Å². The highest BCUT2D eigenvalue weighted by Crippen LogP contribution is 2.21. The van der Waals surface area contributed by atoms with Crippen molar-refractivity contribution in [2.45, 2.75) is 0 Å². The Labute approximate surface area is 83.6 Å². The van der Waals surface area contributed by atoms with Crippen molar-refractivity contribution in [1.82, 2.24) is 15.2 Å². The second-order valence-electron chi connectivity index (χ2n) is 2.81. The van der Waals surface area contributed by atoms with Gasteiger partial charge in [-0.25, -0.2) is 9.18 Å². The summed E-state index contributed by atoms with van der Waals surface area (Å²) in [4.78, 5) is 13.5. The van der Waals surface area contributed by atoms with Crippen molar-refractivity contribution in [3.63, 3.8) is 0 Å². The lowest BCUT2D eigenvalue weighted by Crippen LogP contribution is -2.03. The van der Waals surface area contributed by atoms with Gasteiger partial charge in [0.25, 0.3) is 0 Å². The molecule has 2 aromatic rings. The number of hydrogen-bond donors (Lipinski definition) is 2. The summed E-state index contributed by atoms with van der Waals surface area (Å²) in [6.07, 6.45) is 1.30. The Kier molecular flexibility index (Phi) is 2.17. The van der Waals surface area contributed by atoms with Crippen molar-refractivity contribution >= 4 is 5.97 Å². The second-order valence-corrected chi connectivity index (χ2v) is 2.81. The normalized spacial score (nSPS) is 10.2. The minimum Gasteiger partial charge on any atom is -0.478 e. The summed E-state index contributed by atoms with van der Waals surface area (Å²) in [5.74, 6) is -1.90. The van der Waals surface area contributed by atoms with Gasteiger partial charge >= 0.3 is 5.97 Å². The van der Waals surface area contributed by atoms with Crippen LogP contribution in [0.25, 0.3) is 11.4 Å². The fourth-order valence-electron chi connectivity index (χ4n) is 1.28. The van der Waals surface area contributed by atoms with Crippen molar-refractivity contribution in [1.29, 1.82) is 0 Å². The number of nitrogens with zero attached hydrogens (tertiary/aromatic N) is 2. The van der Waals surface area contributed by atoms with Gasteiger partial charge in [0, 0.05) is 5.56 Å². The molecule has 2 N–H and O–H groups in total. The monoisotopic (exact) mass is 207 g/mol. The van der Waals surface area contributed by atoms with Crippen LogP contribution in [-0.2, 0) is 0 Å². The standard InChI is InChI=1S/C9H6FN3O2/c10-6-3-1-2-5(7(6)9(14)15)8-11-4-12-13-8/h1-4H,(H,14,15)(H,11,12,13). The van der Waals surface area contributed by atoms with Gasteiger partial charge in [-0.1, -0.05) is 12.1 Å². The lowest BCUT2D eigenvalue weighted by atomic mass is 10.1. The molecule has 0 radical (unpaired) electrons. The predicted molar refractivity (Wildman–Crippen MR) is 48.7 cm³/mol. The third kappa shape index (κ3) is 1.56. The molecule has 0 amide bonds. The zero-order valence-electron chi connectivity index (χ0n) is 7.44. The molecule has 0 aliphatic carbocycles. The maximum absolute atomic E-state index is 13.2. The molecule has 76 valence electrons. The molecule has 0 unspecified atom stereocenters. The number of nitrogens with one attached hydrogen (secondary N) is 1. The molecule has 1 heterocycles. The summed E-state index contributed by atoms with van der Waals surface area (Å²) in [5.41, 5.74) is -0.228. The highest BCUT2D eigenvalue weighted by molar-refractivity contribution is 5.95. The Morgan fingerprint density at radius 1 is 1.47 bits per heavy atom. The van der Waals surface area contributed by atoms with Crippen molar-refractivity contribution in [2.24, 2.45) is 0 Å². The average molecular weight is 207 g/mol. The Morgan fingerprint density at radius 3 is 2.87 bits per heavy atom. The molecule has 0 spiro atoms. The number of rotatable bonds is 2. The highest BCUT2D eigenvalue weighted by Gasteiger charge is 2.18. The SMILES string of the molecule is O=C(O)c1c(F)cccc1-c1nnc[nH]1. The molecule has 0 saturated heterocycles. The van der Waals surface area contributed by atoms with Gasteiger partial charge in [-0.15, -0.1) is 10.2 Å². The van der Waals surface area contributed by atoms with Crippen LogP contribution in [0.4, 0.5) is 4.39 Å². The second kappa shape index (κ2) is 3.49. The third-order valence-corrected chi connectivity index (χ3v) is 1.90. The molecule has 2 rings (SSSR count). The fourth-order valence-corrected chi connectivity index (χ4v) is 1.28. The molecule has 0 aliphatic rings. The van der Waals surface area contributed by atoms with Gasteiger partial charge < -0.3 is 10.1 Å². The number of aromatic carboxylic acids is 1. The van der Waals surface area contributed by atoms with E-state index in [-0.39, 0.29) is 11.4 Å². The van der Waals surface area contributed by atoms with Crippen LogP contribution in [-0.4, -0.2) is 26.3 Å². The summed E-state index contributed by atoms with van der Waals surface area (Å²) in [7, 11) is 0. The van der Waals surface area contributed by atoms with Gasteiger partial charge in [0.15, 0.2) is 5.82 Å². The number of carboxylic acids is 1. The number of carboxylic acid groups (broad SMARTS) is 1. The zero-order chi connectivity index (χ0) is 10.8. The van der Waals surface area contributed by atoms with Crippen molar-refractivity contribution < 1.29 is 14.3 Å². The predicted octanol–water partition coefficient (Wildman–Crippen LogP) is 1.31. The minimum absolute atomic E-state index is 0.181. The van der Waals surface area contributed by atoms with E-state index in [1.165, 1.54) is 18.5 Å². The van der Waals surface area contributed by atoms with Gasteiger partial charge in [-0.3, -0.25) is 0 Å². The molecule has 1 aromatic carbocycles. The number of carbonyl (C=O) groups is 1. The Balaban J connectivity index is 2.66. The minimum atomic E-state index is -1.33. The Morgan fingerprint density at radius 2 is 2.27 bits per heavy atom. The fraction of sp³-hybridized carbons (Fsp3) is 0. The third-order valence-electron chi connectivity index (χ3n) is 1.90. The van der Waals surface area contributed by atoms with Gasteiger partial charge in [0.2, 0.25) is 0 Å². The van der Waals surface area contributed by atoms with E-state index in [1.54, 1.807) is 0 Å². The summed E-state index contributed by atoms with van der Waals surface area (Å²) in [6.45, 7) is 0. The molecule has 6 heteroatoms. The van der Waals surface area contributed by atoms with Crippen LogP contribution in [0, 0.1) is 5.82 Å². The summed E-state index contributed by atoms with van der Waals surface area (Å²) in [6, 6.07) is 3.97. The number of aromatic amines is 1. The number of H-pyrrole nitrogens is 1.